The minimum Gasteiger partial charge on any atom is -0.494 e. The number of pyridine rings is 1. The standard InChI is InChI=1S/C24H25N5O3/c1-15-8-6-9-20(29-24(30)28(4)26-27-29)19(15)14-32-22-13-16(2)18(12-17(22)3)23-21(31-5)10-7-11-25-23/h6-13H,14H2,1-5H3. The topological polar surface area (TPSA) is 84.1 Å². The molecule has 0 bridgehead atoms. The first kappa shape index (κ1) is 21.3. The van der Waals surface area contributed by atoms with E-state index in [1.54, 1.807) is 20.4 Å². The summed E-state index contributed by atoms with van der Waals surface area (Å²) in [5.41, 5.74) is 6.03. The first-order chi connectivity index (χ1) is 15.4. The molecule has 0 aliphatic rings. The van der Waals surface area contributed by atoms with Crippen molar-refractivity contribution in [3.05, 3.63) is 81.4 Å². The van der Waals surface area contributed by atoms with Crippen LogP contribution in [0.4, 0.5) is 0 Å². The van der Waals surface area contributed by atoms with Crippen LogP contribution in [0.5, 0.6) is 11.5 Å². The maximum absolute atomic E-state index is 12.4. The van der Waals surface area contributed by atoms with Gasteiger partial charge in [-0.3, -0.25) is 4.98 Å². The van der Waals surface area contributed by atoms with Gasteiger partial charge < -0.3 is 9.47 Å². The lowest BCUT2D eigenvalue weighted by atomic mass is 10.0. The van der Waals surface area contributed by atoms with Crippen molar-refractivity contribution in [1.29, 1.82) is 0 Å². The molecule has 4 rings (SSSR count). The fraction of sp³-hybridized carbons (Fsp3) is 0.250. The highest BCUT2D eigenvalue weighted by atomic mass is 16.5. The summed E-state index contributed by atoms with van der Waals surface area (Å²) in [7, 11) is 3.21. The van der Waals surface area contributed by atoms with E-state index >= 15 is 0 Å². The van der Waals surface area contributed by atoms with E-state index in [1.807, 2.05) is 57.2 Å². The van der Waals surface area contributed by atoms with E-state index < -0.39 is 0 Å². The summed E-state index contributed by atoms with van der Waals surface area (Å²) >= 11 is 0. The van der Waals surface area contributed by atoms with E-state index in [4.69, 9.17) is 9.47 Å². The Morgan fingerprint density at radius 2 is 1.75 bits per heavy atom. The Balaban J connectivity index is 1.67. The third-order valence-electron chi connectivity index (χ3n) is 5.48. The summed E-state index contributed by atoms with van der Waals surface area (Å²) < 4.78 is 14.2. The number of aromatic nitrogens is 5. The van der Waals surface area contributed by atoms with Gasteiger partial charge >= 0.3 is 5.69 Å². The smallest absolute Gasteiger partial charge is 0.368 e. The van der Waals surface area contributed by atoms with E-state index in [1.165, 1.54) is 9.36 Å². The number of tetrazole rings is 1. The fourth-order valence-electron chi connectivity index (χ4n) is 3.65. The molecule has 0 radical (unpaired) electrons. The van der Waals surface area contributed by atoms with E-state index in [-0.39, 0.29) is 12.3 Å². The largest absolute Gasteiger partial charge is 0.494 e. The summed E-state index contributed by atoms with van der Waals surface area (Å²) in [6.45, 7) is 6.30. The number of rotatable bonds is 6. The van der Waals surface area contributed by atoms with E-state index in [0.29, 0.717) is 5.69 Å². The van der Waals surface area contributed by atoms with Crippen LogP contribution >= 0.6 is 0 Å². The van der Waals surface area contributed by atoms with Crippen LogP contribution in [0.3, 0.4) is 0 Å². The normalized spacial score (nSPS) is 10.9. The zero-order chi connectivity index (χ0) is 22.8. The van der Waals surface area contributed by atoms with Gasteiger partial charge in [0.2, 0.25) is 0 Å². The van der Waals surface area contributed by atoms with Gasteiger partial charge in [0.15, 0.2) is 0 Å². The molecule has 0 unspecified atom stereocenters. The molecule has 8 heteroatoms. The molecule has 0 spiro atoms. The van der Waals surface area contributed by atoms with Gasteiger partial charge in [0.25, 0.3) is 0 Å². The average Bonchev–Trinajstić information content (AvgIpc) is 3.12. The quantitative estimate of drug-likeness (QED) is 0.464. The van der Waals surface area contributed by atoms with Crippen LogP contribution in [-0.4, -0.2) is 31.9 Å². The van der Waals surface area contributed by atoms with Crippen LogP contribution in [0, 0.1) is 20.8 Å². The Morgan fingerprint density at radius 3 is 2.47 bits per heavy atom. The van der Waals surface area contributed by atoms with Gasteiger partial charge in [-0.05, 0) is 78.2 Å². The third-order valence-corrected chi connectivity index (χ3v) is 5.48. The molecule has 0 aliphatic heterocycles. The Bertz CT molecular complexity index is 1340. The van der Waals surface area contributed by atoms with Crippen molar-refractivity contribution < 1.29 is 9.47 Å². The average molecular weight is 431 g/mol. The summed E-state index contributed by atoms with van der Waals surface area (Å²) in [5.74, 6) is 1.49. The van der Waals surface area contributed by atoms with Crippen molar-refractivity contribution in [3.8, 4) is 28.4 Å². The van der Waals surface area contributed by atoms with E-state index in [0.717, 1.165) is 45.0 Å². The van der Waals surface area contributed by atoms with Crippen LogP contribution in [0.15, 0.2) is 53.5 Å². The number of nitrogens with zero attached hydrogens (tertiary/aromatic N) is 5. The highest BCUT2D eigenvalue weighted by Crippen LogP contribution is 2.34. The molecule has 164 valence electrons. The molecule has 0 saturated heterocycles. The molecule has 8 nitrogen and oxygen atoms in total. The number of methoxy groups -OCH3 is 1. The second-order valence-electron chi connectivity index (χ2n) is 7.65. The second kappa shape index (κ2) is 8.66. The van der Waals surface area contributed by atoms with E-state index in [2.05, 4.69) is 21.5 Å². The van der Waals surface area contributed by atoms with Crippen LogP contribution in [0.1, 0.15) is 22.3 Å². The molecule has 2 aromatic heterocycles. The lowest BCUT2D eigenvalue weighted by molar-refractivity contribution is 0.302. The van der Waals surface area contributed by atoms with Crippen LogP contribution in [0.25, 0.3) is 16.9 Å². The predicted molar refractivity (Wildman–Crippen MR) is 121 cm³/mol. The highest BCUT2D eigenvalue weighted by Gasteiger charge is 2.16. The molecule has 0 N–H and O–H groups in total. The maximum atomic E-state index is 12.4. The van der Waals surface area contributed by atoms with Gasteiger partial charge in [-0.15, -0.1) is 0 Å². The minimum atomic E-state index is -0.308. The lowest BCUT2D eigenvalue weighted by Gasteiger charge is -2.17. The van der Waals surface area contributed by atoms with Gasteiger partial charge in [0.05, 0.1) is 12.8 Å². The molecule has 0 atom stereocenters. The number of aryl methyl sites for hydroxylation is 4. The molecule has 4 aromatic rings. The van der Waals surface area contributed by atoms with Crippen LogP contribution in [0.2, 0.25) is 0 Å². The number of ether oxygens (including phenoxy) is 2. The van der Waals surface area contributed by atoms with Gasteiger partial charge in [0.1, 0.15) is 23.8 Å². The zero-order valence-electron chi connectivity index (χ0n) is 18.8. The first-order valence-corrected chi connectivity index (χ1v) is 10.2. The fourth-order valence-corrected chi connectivity index (χ4v) is 3.65. The highest BCUT2D eigenvalue weighted by molar-refractivity contribution is 5.71. The SMILES string of the molecule is COc1cccnc1-c1cc(C)c(OCc2c(C)cccc2-n2nnn(C)c2=O)cc1C. The van der Waals surface area contributed by atoms with Crippen molar-refractivity contribution >= 4 is 0 Å². The van der Waals surface area contributed by atoms with Crippen molar-refractivity contribution in [1.82, 2.24) is 24.8 Å². The molecule has 0 saturated carbocycles. The summed E-state index contributed by atoms with van der Waals surface area (Å²) in [6.07, 6.45) is 1.76. The lowest BCUT2D eigenvalue weighted by Crippen LogP contribution is -2.23. The van der Waals surface area contributed by atoms with Gasteiger partial charge in [-0.2, -0.15) is 9.36 Å². The summed E-state index contributed by atoms with van der Waals surface area (Å²) in [6, 6.07) is 13.5. The third kappa shape index (κ3) is 3.87. The second-order valence-corrected chi connectivity index (χ2v) is 7.65. The molecule has 0 aliphatic carbocycles. The molecular weight excluding hydrogens is 406 g/mol. The summed E-state index contributed by atoms with van der Waals surface area (Å²) in [5, 5.41) is 7.80. The van der Waals surface area contributed by atoms with Crippen molar-refractivity contribution in [2.24, 2.45) is 7.05 Å². The first-order valence-electron chi connectivity index (χ1n) is 10.2. The van der Waals surface area contributed by atoms with E-state index in [9.17, 15) is 4.79 Å². The number of hydrogen-bond acceptors (Lipinski definition) is 6. The Morgan fingerprint density at radius 1 is 0.938 bits per heavy atom. The van der Waals surface area contributed by atoms with Crippen molar-refractivity contribution in [2.75, 3.05) is 7.11 Å². The van der Waals surface area contributed by atoms with Crippen molar-refractivity contribution in [3.63, 3.8) is 0 Å². The zero-order valence-corrected chi connectivity index (χ0v) is 18.8. The molecule has 32 heavy (non-hydrogen) atoms. The molecule has 2 aromatic carbocycles. The summed E-state index contributed by atoms with van der Waals surface area (Å²) in [4.78, 5) is 16.9. The minimum absolute atomic E-state index is 0.289. The Kier molecular flexibility index (Phi) is 5.77. The van der Waals surface area contributed by atoms with Gasteiger partial charge in [-0.25, -0.2) is 4.79 Å². The predicted octanol–water partition coefficient (Wildman–Crippen LogP) is 3.54. The Hall–Kier alpha value is -3.94. The van der Waals surface area contributed by atoms with Crippen molar-refractivity contribution in [2.45, 2.75) is 27.4 Å². The molecule has 0 fully saturated rings. The van der Waals surface area contributed by atoms with Gasteiger partial charge in [-0.1, -0.05) is 12.1 Å². The maximum Gasteiger partial charge on any atom is 0.368 e. The Labute approximate surface area is 186 Å². The van der Waals surface area contributed by atoms with Gasteiger partial charge in [0, 0.05) is 24.4 Å². The monoisotopic (exact) mass is 431 g/mol. The molecule has 2 heterocycles. The molecule has 0 amide bonds. The molecular formula is C24H25N5O3. The van der Waals surface area contributed by atoms with Crippen LogP contribution < -0.4 is 15.2 Å². The number of hydrogen-bond donors (Lipinski definition) is 0. The van der Waals surface area contributed by atoms with Crippen LogP contribution in [-0.2, 0) is 13.7 Å². The number of benzene rings is 2.